The maximum atomic E-state index is 6.22. The Bertz CT molecular complexity index is 396. The Morgan fingerprint density at radius 2 is 2.15 bits per heavy atom. The molecule has 0 aromatic carbocycles. The number of nitrogens with one attached hydrogen (secondary N) is 1. The van der Waals surface area contributed by atoms with Crippen molar-refractivity contribution < 1.29 is 4.74 Å². The van der Waals surface area contributed by atoms with Gasteiger partial charge in [-0.25, -0.2) is 0 Å². The molecule has 0 spiro atoms. The normalized spacial score (nSPS) is 19.4. The van der Waals surface area contributed by atoms with E-state index in [4.69, 9.17) is 4.74 Å². The summed E-state index contributed by atoms with van der Waals surface area (Å²) in [7, 11) is 1.98. The van der Waals surface area contributed by atoms with Crippen molar-refractivity contribution in [1.82, 2.24) is 15.1 Å². The maximum Gasteiger partial charge on any atom is 0.0834 e. The van der Waals surface area contributed by atoms with E-state index in [2.05, 4.69) is 30.5 Å². The summed E-state index contributed by atoms with van der Waals surface area (Å²) in [5, 5.41) is 7.93. The zero-order valence-corrected chi connectivity index (χ0v) is 13.2. The first-order valence-corrected chi connectivity index (χ1v) is 8.05. The summed E-state index contributed by atoms with van der Waals surface area (Å²) in [4.78, 5) is 0. The molecule has 4 nitrogen and oxygen atoms in total. The molecule has 4 heteroatoms. The summed E-state index contributed by atoms with van der Waals surface area (Å²) in [6, 6.07) is 0.454. The van der Waals surface area contributed by atoms with E-state index in [1.807, 2.05) is 17.9 Å². The van der Waals surface area contributed by atoms with Gasteiger partial charge in [-0.1, -0.05) is 19.8 Å². The fourth-order valence-corrected chi connectivity index (χ4v) is 3.56. The molecule has 0 amide bonds. The van der Waals surface area contributed by atoms with Crippen molar-refractivity contribution >= 4 is 0 Å². The molecule has 0 saturated heterocycles. The van der Waals surface area contributed by atoms with E-state index in [1.165, 1.54) is 31.2 Å². The lowest BCUT2D eigenvalue weighted by atomic mass is 9.87. The van der Waals surface area contributed by atoms with Gasteiger partial charge >= 0.3 is 0 Å². The Morgan fingerprint density at radius 3 is 2.70 bits per heavy atom. The van der Waals surface area contributed by atoms with Crippen LogP contribution in [0.5, 0.6) is 0 Å². The molecule has 1 aromatic rings. The van der Waals surface area contributed by atoms with E-state index in [0.717, 1.165) is 26.0 Å². The summed E-state index contributed by atoms with van der Waals surface area (Å²) in [5.41, 5.74) is 1.38. The largest absolute Gasteiger partial charge is 0.374 e. The Morgan fingerprint density at radius 1 is 1.40 bits per heavy atom. The van der Waals surface area contributed by atoms with Gasteiger partial charge in [0.15, 0.2) is 0 Å². The standard InChI is InChI=1S/C16H29N3O/c1-4-17-15(9-8-14-12-18-19(3)13-14)16(20-5-2)10-6-7-11-16/h12-13,15,17H,4-11H2,1-3H3. The summed E-state index contributed by atoms with van der Waals surface area (Å²) >= 11 is 0. The third-order valence-electron chi connectivity index (χ3n) is 4.45. The molecule has 20 heavy (non-hydrogen) atoms. The highest BCUT2D eigenvalue weighted by molar-refractivity contribution is 5.06. The number of hydrogen-bond donors (Lipinski definition) is 1. The van der Waals surface area contributed by atoms with Gasteiger partial charge in [0, 0.05) is 25.9 Å². The van der Waals surface area contributed by atoms with Crippen molar-refractivity contribution in [2.75, 3.05) is 13.2 Å². The van der Waals surface area contributed by atoms with Crippen molar-refractivity contribution in [3.05, 3.63) is 18.0 Å². The molecule has 2 rings (SSSR count). The van der Waals surface area contributed by atoms with Crippen molar-refractivity contribution in [2.45, 2.75) is 64.0 Å². The molecule has 1 saturated carbocycles. The third-order valence-corrected chi connectivity index (χ3v) is 4.45. The molecule has 1 fully saturated rings. The van der Waals surface area contributed by atoms with Crippen molar-refractivity contribution in [2.24, 2.45) is 7.05 Å². The molecule has 1 unspecified atom stereocenters. The Labute approximate surface area is 122 Å². The number of ether oxygens (including phenoxy) is 1. The molecule has 114 valence electrons. The monoisotopic (exact) mass is 279 g/mol. The lowest BCUT2D eigenvalue weighted by Crippen LogP contribution is -2.51. The minimum absolute atomic E-state index is 0.0625. The second kappa shape index (κ2) is 7.23. The molecule has 1 aromatic heterocycles. The van der Waals surface area contributed by atoms with Crippen LogP contribution in [-0.4, -0.2) is 34.6 Å². The first kappa shape index (κ1) is 15.5. The second-order valence-electron chi connectivity index (χ2n) is 5.88. The van der Waals surface area contributed by atoms with Gasteiger partial charge in [0.25, 0.3) is 0 Å². The number of nitrogens with zero attached hydrogens (tertiary/aromatic N) is 2. The van der Waals surface area contributed by atoms with E-state index in [1.54, 1.807) is 0 Å². The first-order chi connectivity index (χ1) is 9.70. The molecule has 0 radical (unpaired) electrons. The Balaban J connectivity index is 2.01. The molecule has 0 bridgehead atoms. The number of hydrogen-bond acceptors (Lipinski definition) is 3. The molecule has 1 atom stereocenters. The molecular formula is C16H29N3O. The molecule has 0 aliphatic heterocycles. The summed E-state index contributed by atoms with van der Waals surface area (Å²) in [6.07, 6.45) is 11.3. The predicted molar refractivity (Wildman–Crippen MR) is 81.8 cm³/mol. The number of likely N-dealkylation sites (N-methyl/N-ethyl adjacent to an activating group) is 1. The van der Waals surface area contributed by atoms with Crippen molar-refractivity contribution in [1.29, 1.82) is 0 Å². The van der Waals surface area contributed by atoms with Crippen LogP contribution in [0.3, 0.4) is 0 Å². The minimum atomic E-state index is 0.0625. The predicted octanol–water partition coefficient (Wildman–Crippen LogP) is 2.68. The number of aromatic nitrogens is 2. The van der Waals surface area contributed by atoms with E-state index >= 15 is 0 Å². The highest BCUT2D eigenvalue weighted by atomic mass is 16.5. The molecule has 1 aliphatic rings. The molecular weight excluding hydrogens is 250 g/mol. The van der Waals surface area contributed by atoms with Crippen LogP contribution >= 0.6 is 0 Å². The molecule has 1 N–H and O–H groups in total. The van der Waals surface area contributed by atoms with Crippen LogP contribution in [0.4, 0.5) is 0 Å². The number of aryl methyl sites for hydroxylation is 2. The van der Waals surface area contributed by atoms with E-state index in [0.29, 0.717) is 6.04 Å². The van der Waals surface area contributed by atoms with Crippen LogP contribution in [-0.2, 0) is 18.2 Å². The van der Waals surface area contributed by atoms with Crippen LogP contribution in [0, 0.1) is 0 Å². The third kappa shape index (κ3) is 3.61. The van der Waals surface area contributed by atoms with E-state index in [-0.39, 0.29) is 5.60 Å². The first-order valence-electron chi connectivity index (χ1n) is 8.05. The lowest BCUT2D eigenvalue weighted by Gasteiger charge is -2.38. The SMILES string of the molecule is CCNC(CCc1cnn(C)c1)C1(OCC)CCCC1. The minimum Gasteiger partial charge on any atom is -0.374 e. The van der Waals surface area contributed by atoms with E-state index in [9.17, 15) is 0 Å². The number of rotatable bonds is 8. The van der Waals surface area contributed by atoms with Crippen molar-refractivity contribution in [3.8, 4) is 0 Å². The van der Waals surface area contributed by atoms with E-state index < -0.39 is 0 Å². The Kier molecular flexibility index (Phi) is 5.61. The van der Waals surface area contributed by atoms with Crippen LogP contribution in [0.2, 0.25) is 0 Å². The van der Waals surface area contributed by atoms with Crippen LogP contribution < -0.4 is 5.32 Å². The second-order valence-corrected chi connectivity index (χ2v) is 5.88. The highest BCUT2D eigenvalue weighted by Gasteiger charge is 2.41. The van der Waals surface area contributed by atoms with Gasteiger partial charge in [-0.2, -0.15) is 5.10 Å². The average molecular weight is 279 g/mol. The van der Waals surface area contributed by atoms with Gasteiger partial charge in [-0.05, 0) is 44.7 Å². The fourth-order valence-electron chi connectivity index (χ4n) is 3.56. The average Bonchev–Trinajstić information content (AvgIpc) is 3.05. The molecule has 1 heterocycles. The van der Waals surface area contributed by atoms with Gasteiger partial charge < -0.3 is 10.1 Å². The smallest absolute Gasteiger partial charge is 0.0834 e. The summed E-state index contributed by atoms with van der Waals surface area (Å²) in [6.45, 7) is 6.12. The van der Waals surface area contributed by atoms with Gasteiger partial charge in [0.2, 0.25) is 0 Å². The summed E-state index contributed by atoms with van der Waals surface area (Å²) < 4.78 is 8.10. The lowest BCUT2D eigenvalue weighted by molar-refractivity contribution is -0.0628. The highest BCUT2D eigenvalue weighted by Crippen LogP contribution is 2.37. The fraction of sp³-hybridized carbons (Fsp3) is 0.812. The van der Waals surface area contributed by atoms with Gasteiger partial charge in [0.05, 0.1) is 11.8 Å². The van der Waals surface area contributed by atoms with Crippen LogP contribution in [0.1, 0.15) is 51.5 Å². The topological polar surface area (TPSA) is 39.1 Å². The van der Waals surface area contributed by atoms with Crippen LogP contribution in [0.25, 0.3) is 0 Å². The Hall–Kier alpha value is -0.870. The van der Waals surface area contributed by atoms with Crippen molar-refractivity contribution in [3.63, 3.8) is 0 Å². The van der Waals surface area contributed by atoms with Gasteiger partial charge in [-0.15, -0.1) is 0 Å². The summed E-state index contributed by atoms with van der Waals surface area (Å²) in [5.74, 6) is 0. The molecule has 1 aliphatic carbocycles. The van der Waals surface area contributed by atoms with Crippen LogP contribution in [0.15, 0.2) is 12.4 Å². The maximum absolute atomic E-state index is 6.22. The van der Waals surface area contributed by atoms with Gasteiger partial charge in [0.1, 0.15) is 0 Å². The zero-order valence-electron chi connectivity index (χ0n) is 13.2. The zero-order chi connectivity index (χ0) is 14.4. The quantitative estimate of drug-likeness (QED) is 0.795. The van der Waals surface area contributed by atoms with Gasteiger partial charge in [-0.3, -0.25) is 4.68 Å².